The molecule has 0 bridgehead atoms. The molecule has 2 rings (SSSR count). The Morgan fingerprint density at radius 3 is 3.00 bits per heavy atom. The number of hydrogen-bond acceptors (Lipinski definition) is 2. The van der Waals surface area contributed by atoms with Crippen LogP contribution in [0.1, 0.15) is 24.8 Å². The number of nitrogens with zero attached hydrogens (tertiary/aromatic N) is 1. The predicted molar refractivity (Wildman–Crippen MR) is 58.3 cm³/mol. The molecule has 0 amide bonds. The van der Waals surface area contributed by atoms with Crippen molar-refractivity contribution in [1.82, 2.24) is 4.98 Å². The average molecular weight is 211 g/mol. The van der Waals surface area contributed by atoms with Crippen LogP contribution in [-0.2, 0) is 6.42 Å². The van der Waals surface area contributed by atoms with E-state index in [-0.39, 0.29) is 6.04 Å². The number of aromatic nitrogens is 1. The molecule has 1 unspecified atom stereocenters. The molecule has 76 valence electrons. The number of rotatable bonds is 4. The van der Waals surface area contributed by atoms with E-state index < -0.39 is 0 Å². The lowest BCUT2D eigenvalue weighted by atomic mass is 10.0. The summed E-state index contributed by atoms with van der Waals surface area (Å²) >= 11 is 6.00. The van der Waals surface area contributed by atoms with E-state index in [0.717, 1.165) is 29.3 Å². The molecule has 0 aromatic carbocycles. The maximum absolute atomic E-state index is 6.04. The van der Waals surface area contributed by atoms with Gasteiger partial charge in [0.2, 0.25) is 0 Å². The van der Waals surface area contributed by atoms with Gasteiger partial charge in [-0.2, -0.15) is 0 Å². The van der Waals surface area contributed by atoms with E-state index in [2.05, 4.69) is 4.98 Å². The summed E-state index contributed by atoms with van der Waals surface area (Å²) in [5.41, 5.74) is 7.16. The Morgan fingerprint density at radius 2 is 2.36 bits per heavy atom. The highest BCUT2D eigenvalue weighted by molar-refractivity contribution is 6.31. The van der Waals surface area contributed by atoms with Gasteiger partial charge in [0.05, 0.1) is 5.02 Å². The minimum Gasteiger partial charge on any atom is -0.327 e. The molecule has 1 heterocycles. The first kappa shape index (κ1) is 9.94. The Morgan fingerprint density at radius 1 is 1.57 bits per heavy atom. The van der Waals surface area contributed by atoms with Crippen molar-refractivity contribution in [3.05, 3.63) is 29.0 Å². The van der Waals surface area contributed by atoms with Crippen molar-refractivity contribution in [1.29, 1.82) is 0 Å². The third kappa shape index (κ3) is 2.69. The van der Waals surface area contributed by atoms with Crippen LogP contribution in [0.4, 0.5) is 0 Å². The van der Waals surface area contributed by atoms with E-state index in [9.17, 15) is 0 Å². The number of hydrogen-bond donors (Lipinski definition) is 1. The molecule has 14 heavy (non-hydrogen) atoms. The molecule has 1 atom stereocenters. The van der Waals surface area contributed by atoms with Gasteiger partial charge in [-0.1, -0.05) is 24.4 Å². The third-order valence-electron chi connectivity index (χ3n) is 2.67. The fraction of sp³-hybridized carbons (Fsp3) is 0.545. The van der Waals surface area contributed by atoms with Gasteiger partial charge in [0.1, 0.15) is 0 Å². The van der Waals surface area contributed by atoms with Gasteiger partial charge in [-0.05, 0) is 30.4 Å². The van der Waals surface area contributed by atoms with Gasteiger partial charge in [0.25, 0.3) is 0 Å². The zero-order valence-corrected chi connectivity index (χ0v) is 8.87. The fourth-order valence-corrected chi connectivity index (χ4v) is 1.91. The maximum Gasteiger partial charge on any atom is 0.0621 e. The van der Waals surface area contributed by atoms with Gasteiger partial charge >= 0.3 is 0 Å². The summed E-state index contributed by atoms with van der Waals surface area (Å²) in [6.45, 7) is 0. The van der Waals surface area contributed by atoms with E-state index in [0.29, 0.717) is 0 Å². The average Bonchev–Trinajstić information content (AvgIpc) is 2.93. The second-order valence-corrected chi connectivity index (χ2v) is 4.52. The molecule has 1 aromatic rings. The summed E-state index contributed by atoms with van der Waals surface area (Å²) in [5.74, 6) is 0.880. The first-order valence-corrected chi connectivity index (χ1v) is 5.47. The van der Waals surface area contributed by atoms with Gasteiger partial charge in [0, 0.05) is 18.4 Å². The van der Waals surface area contributed by atoms with Crippen LogP contribution < -0.4 is 5.73 Å². The molecule has 1 fully saturated rings. The molecular formula is C11H15ClN2. The van der Waals surface area contributed by atoms with E-state index in [1.807, 2.05) is 6.07 Å². The standard InChI is InChI=1S/C11H15ClN2/c12-11-7-14-4-3-9(11)6-10(13)5-8-1-2-8/h3-4,7-8,10H,1-2,5-6,13H2. The minimum atomic E-state index is 0.252. The summed E-state index contributed by atoms with van der Waals surface area (Å²) in [5, 5.41) is 0.735. The normalized spacial score (nSPS) is 18.1. The molecule has 3 heteroatoms. The molecular weight excluding hydrogens is 196 g/mol. The van der Waals surface area contributed by atoms with E-state index >= 15 is 0 Å². The Hall–Kier alpha value is -0.600. The van der Waals surface area contributed by atoms with Crippen LogP contribution in [0.15, 0.2) is 18.5 Å². The lowest BCUT2D eigenvalue weighted by Crippen LogP contribution is -2.23. The highest BCUT2D eigenvalue weighted by Crippen LogP contribution is 2.33. The lowest BCUT2D eigenvalue weighted by molar-refractivity contribution is 0.566. The second kappa shape index (κ2) is 4.28. The largest absolute Gasteiger partial charge is 0.327 e. The van der Waals surface area contributed by atoms with Crippen molar-refractivity contribution in [2.24, 2.45) is 11.7 Å². The van der Waals surface area contributed by atoms with Crippen LogP contribution in [0.2, 0.25) is 5.02 Å². The molecule has 1 aliphatic rings. The molecule has 0 spiro atoms. The Labute approximate surface area is 89.5 Å². The van der Waals surface area contributed by atoms with Crippen molar-refractivity contribution in [3.63, 3.8) is 0 Å². The fourth-order valence-electron chi connectivity index (χ4n) is 1.72. The smallest absolute Gasteiger partial charge is 0.0621 e. The van der Waals surface area contributed by atoms with Crippen LogP contribution >= 0.6 is 11.6 Å². The van der Waals surface area contributed by atoms with Gasteiger partial charge in [-0.3, -0.25) is 4.98 Å². The highest BCUT2D eigenvalue weighted by atomic mass is 35.5. The molecule has 0 saturated heterocycles. The molecule has 1 aliphatic carbocycles. The molecule has 1 aromatic heterocycles. The van der Waals surface area contributed by atoms with E-state index in [1.165, 1.54) is 12.8 Å². The summed E-state index contributed by atoms with van der Waals surface area (Å²) in [6.07, 6.45) is 8.18. The Kier molecular flexibility index (Phi) is 3.04. The van der Waals surface area contributed by atoms with Crippen LogP contribution in [0.5, 0.6) is 0 Å². The predicted octanol–water partition coefficient (Wildman–Crippen LogP) is 2.40. The minimum absolute atomic E-state index is 0.252. The molecule has 2 nitrogen and oxygen atoms in total. The summed E-state index contributed by atoms with van der Waals surface area (Å²) in [6, 6.07) is 2.21. The van der Waals surface area contributed by atoms with Gasteiger partial charge in [-0.25, -0.2) is 0 Å². The van der Waals surface area contributed by atoms with Crippen molar-refractivity contribution >= 4 is 11.6 Å². The lowest BCUT2D eigenvalue weighted by Gasteiger charge is -2.11. The van der Waals surface area contributed by atoms with Crippen molar-refractivity contribution in [2.75, 3.05) is 0 Å². The molecule has 0 radical (unpaired) electrons. The maximum atomic E-state index is 6.04. The number of nitrogens with two attached hydrogens (primary N) is 1. The van der Waals surface area contributed by atoms with Gasteiger partial charge < -0.3 is 5.73 Å². The molecule has 1 saturated carbocycles. The third-order valence-corrected chi connectivity index (χ3v) is 3.01. The van der Waals surface area contributed by atoms with E-state index in [4.69, 9.17) is 17.3 Å². The van der Waals surface area contributed by atoms with Gasteiger partial charge in [0.15, 0.2) is 0 Å². The highest BCUT2D eigenvalue weighted by Gasteiger charge is 2.24. The Bertz CT molecular complexity index is 310. The second-order valence-electron chi connectivity index (χ2n) is 4.11. The van der Waals surface area contributed by atoms with Crippen LogP contribution in [0, 0.1) is 5.92 Å². The molecule has 2 N–H and O–H groups in total. The van der Waals surface area contributed by atoms with Gasteiger partial charge in [-0.15, -0.1) is 0 Å². The SMILES string of the molecule is NC(Cc1ccncc1Cl)CC1CC1. The van der Waals surface area contributed by atoms with Crippen LogP contribution in [0.25, 0.3) is 0 Å². The first-order valence-electron chi connectivity index (χ1n) is 5.09. The summed E-state index contributed by atoms with van der Waals surface area (Å²) in [7, 11) is 0. The summed E-state index contributed by atoms with van der Waals surface area (Å²) < 4.78 is 0. The van der Waals surface area contributed by atoms with E-state index in [1.54, 1.807) is 12.4 Å². The summed E-state index contributed by atoms with van der Waals surface area (Å²) in [4.78, 5) is 3.95. The quantitative estimate of drug-likeness (QED) is 0.829. The zero-order valence-electron chi connectivity index (χ0n) is 8.12. The number of halogens is 1. The number of pyridine rings is 1. The van der Waals surface area contributed by atoms with Crippen LogP contribution in [0.3, 0.4) is 0 Å². The zero-order chi connectivity index (χ0) is 9.97. The molecule has 0 aliphatic heterocycles. The van der Waals surface area contributed by atoms with Crippen molar-refractivity contribution in [3.8, 4) is 0 Å². The Balaban J connectivity index is 1.91. The monoisotopic (exact) mass is 210 g/mol. The van der Waals surface area contributed by atoms with Crippen LogP contribution in [-0.4, -0.2) is 11.0 Å². The van der Waals surface area contributed by atoms with Crippen molar-refractivity contribution in [2.45, 2.75) is 31.7 Å². The topological polar surface area (TPSA) is 38.9 Å². The first-order chi connectivity index (χ1) is 6.75. The van der Waals surface area contributed by atoms with Crippen molar-refractivity contribution < 1.29 is 0 Å².